The average molecular weight is 205 g/mol. The Balaban J connectivity index is 2.56. The van der Waals surface area contributed by atoms with Crippen LogP contribution in [0.2, 0.25) is 0 Å². The third-order valence-corrected chi connectivity index (χ3v) is 1.48. The molecule has 0 saturated carbocycles. The fourth-order valence-corrected chi connectivity index (χ4v) is 0.908. The standard InChI is InChI=1S/C11H11NO3/c1-8(2)15-11(14)10(13)12-9-6-4-3-5-7-9/h3-7H,1H2,2H3,(H,12,13). The van der Waals surface area contributed by atoms with Gasteiger partial charge in [-0.25, -0.2) is 4.79 Å². The minimum Gasteiger partial charge on any atom is -0.425 e. The summed E-state index contributed by atoms with van der Waals surface area (Å²) in [7, 11) is 0. The van der Waals surface area contributed by atoms with Crippen molar-refractivity contribution in [3.63, 3.8) is 0 Å². The number of esters is 1. The summed E-state index contributed by atoms with van der Waals surface area (Å²) in [5, 5.41) is 2.39. The second-order valence-electron chi connectivity index (χ2n) is 2.91. The summed E-state index contributed by atoms with van der Waals surface area (Å²) in [5.74, 6) is -1.60. The normalized spacial score (nSPS) is 9.13. The fourth-order valence-electron chi connectivity index (χ4n) is 0.908. The molecule has 78 valence electrons. The minimum atomic E-state index is -0.966. The van der Waals surface area contributed by atoms with Crippen LogP contribution in [0.3, 0.4) is 0 Å². The second kappa shape index (κ2) is 4.95. The lowest BCUT2D eigenvalue weighted by atomic mass is 10.3. The molecule has 1 N–H and O–H groups in total. The van der Waals surface area contributed by atoms with Crippen LogP contribution in [0.5, 0.6) is 0 Å². The van der Waals surface area contributed by atoms with Crippen molar-refractivity contribution in [3.8, 4) is 0 Å². The lowest BCUT2D eigenvalue weighted by Crippen LogP contribution is -2.24. The molecule has 1 aromatic rings. The van der Waals surface area contributed by atoms with Gasteiger partial charge in [0.05, 0.1) is 5.76 Å². The van der Waals surface area contributed by atoms with Gasteiger partial charge < -0.3 is 10.1 Å². The van der Waals surface area contributed by atoms with Crippen molar-refractivity contribution in [3.05, 3.63) is 42.7 Å². The molecule has 0 saturated heterocycles. The molecule has 4 heteroatoms. The van der Waals surface area contributed by atoms with E-state index < -0.39 is 11.9 Å². The van der Waals surface area contributed by atoms with E-state index in [0.717, 1.165) is 0 Å². The van der Waals surface area contributed by atoms with E-state index in [9.17, 15) is 9.59 Å². The molecule has 4 nitrogen and oxygen atoms in total. The van der Waals surface area contributed by atoms with Crippen LogP contribution in [0, 0.1) is 0 Å². The van der Waals surface area contributed by atoms with E-state index in [1.165, 1.54) is 6.92 Å². The van der Waals surface area contributed by atoms with Crippen molar-refractivity contribution in [1.82, 2.24) is 0 Å². The Morgan fingerprint density at radius 1 is 1.27 bits per heavy atom. The van der Waals surface area contributed by atoms with Crippen LogP contribution in [0.25, 0.3) is 0 Å². The number of nitrogens with one attached hydrogen (secondary N) is 1. The van der Waals surface area contributed by atoms with Gasteiger partial charge >= 0.3 is 11.9 Å². The van der Waals surface area contributed by atoms with Crippen molar-refractivity contribution < 1.29 is 14.3 Å². The topological polar surface area (TPSA) is 55.4 Å². The molecule has 0 unspecified atom stereocenters. The Bertz CT molecular complexity index is 384. The Kier molecular flexibility index (Phi) is 3.62. The van der Waals surface area contributed by atoms with Crippen molar-refractivity contribution in [1.29, 1.82) is 0 Å². The maximum atomic E-state index is 11.2. The van der Waals surface area contributed by atoms with Crippen molar-refractivity contribution in [2.75, 3.05) is 5.32 Å². The predicted octanol–water partition coefficient (Wildman–Crippen LogP) is 1.70. The van der Waals surface area contributed by atoms with E-state index >= 15 is 0 Å². The highest BCUT2D eigenvalue weighted by Gasteiger charge is 2.15. The Labute approximate surface area is 87.6 Å². The van der Waals surface area contributed by atoms with Crippen LogP contribution in [-0.2, 0) is 14.3 Å². The Hall–Kier alpha value is -2.10. The quantitative estimate of drug-likeness (QED) is 0.454. The van der Waals surface area contributed by atoms with E-state index in [4.69, 9.17) is 0 Å². The van der Waals surface area contributed by atoms with Crippen molar-refractivity contribution in [2.24, 2.45) is 0 Å². The third kappa shape index (κ3) is 3.64. The molecule has 1 aromatic carbocycles. The van der Waals surface area contributed by atoms with E-state index in [1.807, 2.05) is 6.07 Å². The second-order valence-corrected chi connectivity index (χ2v) is 2.91. The molecule has 0 aromatic heterocycles. The molecule has 1 amide bonds. The third-order valence-electron chi connectivity index (χ3n) is 1.48. The lowest BCUT2D eigenvalue weighted by molar-refractivity contribution is -0.149. The van der Waals surface area contributed by atoms with Crippen LogP contribution in [0.4, 0.5) is 5.69 Å². The minimum absolute atomic E-state index is 0.184. The maximum absolute atomic E-state index is 11.2. The number of hydrogen-bond acceptors (Lipinski definition) is 3. The number of rotatable bonds is 2. The van der Waals surface area contributed by atoms with Gasteiger partial charge in [0.15, 0.2) is 0 Å². The number of hydrogen-bond donors (Lipinski definition) is 1. The number of para-hydroxylation sites is 1. The Morgan fingerprint density at radius 2 is 1.87 bits per heavy atom. The highest BCUT2D eigenvalue weighted by molar-refractivity contribution is 6.37. The number of anilines is 1. The summed E-state index contributed by atoms with van der Waals surface area (Å²) < 4.78 is 4.54. The van der Waals surface area contributed by atoms with Gasteiger partial charge in [0, 0.05) is 5.69 Å². The molecule has 0 bridgehead atoms. The van der Waals surface area contributed by atoms with Crippen LogP contribution in [0.15, 0.2) is 42.7 Å². The van der Waals surface area contributed by atoms with E-state index in [1.54, 1.807) is 24.3 Å². The molecular formula is C11H11NO3. The van der Waals surface area contributed by atoms with Gasteiger partial charge in [0.1, 0.15) is 0 Å². The first-order valence-corrected chi connectivity index (χ1v) is 4.33. The van der Waals surface area contributed by atoms with Crippen LogP contribution in [0.1, 0.15) is 6.92 Å². The largest absolute Gasteiger partial charge is 0.425 e. The van der Waals surface area contributed by atoms with Crippen LogP contribution in [-0.4, -0.2) is 11.9 Å². The van der Waals surface area contributed by atoms with Gasteiger partial charge in [0.25, 0.3) is 0 Å². The number of allylic oxidation sites excluding steroid dienone is 1. The summed E-state index contributed by atoms with van der Waals surface area (Å²) in [5.41, 5.74) is 0.543. The van der Waals surface area contributed by atoms with Gasteiger partial charge in [0.2, 0.25) is 0 Å². The SMILES string of the molecule is C=C(C)OC(=O)C(=O)Nc1ccccc1. The molecule has 1 rings (SSSR count). The van der Waals surface area contributed by atoms with Gasteiger partial charge in [-0.1, -0.05) is 24.8 Å². The van der Waals surface area contributed by atoms with Crippen LogP contribution < -0.4 is 5.32 Å². The molecule has 0 radical (unpaired) electrons. The zero-order chi connectivity index (χ0) is 11.3. The molecule has 0 aliphatic heterocycles. The predicted molar refractivity (Wildman–Crippen MR) is 56.0 cm³/mol. The van der Waals surface area contributed by atoms with E-state index in [0.29, 0.717) is 5.69 Å². The number of amides is 1. The molecule has 0 spiro atoms. The monoisotopic (exact) mass is 205 g/mol. The molecule has 0 aliphatic carbocycles. The summed E-state index contributed by atoms with van der Waals surface area (Å²) in [6.45, 7) is 4.86. The zero-order valence-corrected chi connectivity index (χ0v) is 8.32. The number of ether oxygens (including phenoxy) is 1. The molecule has 0 aliphatic rings. The highest BCUT2D eigenvalue weighted by atomic mass is 16.5. The molecule has 15 heavy (non-hydrogen) atoms. The first kappa shape index (κ1) is 11.0. The van der Waals surface area contributed by atoms with Gasteiger partial charge in [-0.3, -0.25) is 4.79 Å². The van der Waals surface area contributed by atoms with Gasteiger partial charge in [-0.2, -0.15) is 0 Å². The molecular weight excluding hydrogens is 194 g/mol. The number of benzene rings is 1. The van der Waals surface area contributed by atoms with E-state index in [2.05, 4.69) is 16.6 Å². The summed E-state index contributed by atoms with van der Waals surface area (Å²) in [6.07, 6.45) is 0. The zero-order valence-electron chi connectivity index (χ0n) is 8.32. The first-order chi connectivity index (χ1) is 7.09. The highest BCUT2D eigenvalue weighted by Crippen LogP contribution is 2.05. The summed E-state index contributed by atoms with van der Waals surface area (Å²) in [4.78, 5) is 22.3. The first-order valence-electron chi connectivity index (χ1n) is 4.33. The fraction of sp³-hybridized carbons (Fsp3) is 0.0909. The van der Waals surface area contributed by atoms with E-state index in [-0.39, 0.29) is 5.76 Å². The molecule has 0 atom stereocenters. The maximum Gasteiger partial charge on any atom is 0.402 e. The summed E-state index contributed by atoms with van der Waals surface area (Å²) >= 11 is 0. The van der Waals surface area contributed by atoms with Crippen LogP contribution >= 0.6 is 0 Å². The van der Waals surface area contributed by atoms with Crippen molar-refractivity contribution in [2.45, 2.75) is 6.92 Å². The average Bonchev–Trinajstić information content (AvgIpc) is 2.18. The summed E-state index contributed by atoms with van der Waals surface area (Å²) in [6, 6.07) is 8.65. The molecule has 0 heterocycles. The van der Waals surface area contributed by atoms with Gasteiger partial charge in [-0.15, -0.1) is 0 Å². The number of carbonyl (C=O) groups is 2. The Morgan fingerprint density at radius 3 is 2.40 bits per heavy atom. The molecule has 0 fully saturated rings. The van der Waals surface area contributed by atoms with Crippen molar-refractivity contribution >= 4 is 17.6 Å². The van der Waals surface area contributed by atoms with Gasteiger partial charge in [-0.05, 0) is 19.1 Å². The lowest BCUT2D eigenvalue weighted by Gasteiger charge is -2.04. The smallest absolute Gasteiger partial charge is 0.402 e. The number of carbonyl (C=O) groups excluding carboxylic acids is 2.